The van der Waals surface area contributed by atoms with Crippen LogP contribution >= 0.6 is 69.9 Å². The molecule has 7 aromatic heterocycles. The number of nitrogens with two attached hydrogens (primary N) is 1. The lowest BCUT2D eigenvalue weighted by Gasteiger charge is -2.33. The molecule has 4 bridgehead atoms. The Morgan fingerprint density at radius 1 is 0.571 bits per heavy atom. The van der Waals surface area contributed by atoms with Crippen molar-refractivity contribution in [1.29, 1.82) is 5.41 Å². The fourth-order valence-electron chi connectivity index (χ4n) is 9.37. The largest absolute Gasteiger partial charge is 0.402 e. The predicted molar refractivity (Wildman–Crippen MR) is 334 cm³/mol. The van der Waals surface area contributed by atoms with E-state index in [9.17, 15) is 16.8 Å². The summed E-state index contributed by atoms with van der Waals surface area (Å²) in [5.74, 6) is 2.20. The van der Waals surface area contributed by atoms with Gasteiger partial charge in [-0.2, -0.15) is 25.3 Å². The lowest BCUT2D eigenvalue weighted by molar-refractivity contribution is 0.276. The number of aryl methyl sites for hydroxylation is 6. The molecule has 4 saturated heterocycles. The van der Waals surface area contributed by atoms with Crippen LogP contribution in [0.4, 0.5) is 5.82 Å². The Morgan fingerprint density at radius 2 is 0.988 bits per heavy atom. The topological polar surface area (TPSA) is 296 Å². The number of nitrogens with one attached hydrogen (secondary N) is 2. The van der Waals surface area contributed by atoms with E-state index in [1.165, 1.54) is 59.8 Å². The van der Waals surface area contributed by atoms with Crippen molar-refractivity contribution in [2.45, 2.75) is 113 Å². The van der Waals surface area contributed by atoms with Gasteiger partial charge in [-0.15, -0.1) is 0 Å². The zero-order valence-electron chi connectivity index (χ0n) is 49.1. The number of thioether (sulfide) groups is 2. The van der Waals surface area contributed by atoms with Crippen LogP contribution in [0.25, 0.3) is 17.5 Å². The van der Waals surface area contributed by atoms with Crippen molar-refractivity contribution in [3.63, 3.8) is 0 Å². The highest BCUT2D eigenvalue weighted by Crippen LogP contribution is 2.34. The van der Waals surface area contributed by atoms with Gasteiger partial charge in [-0.25, -0.2) is 60.8 Å². The fourth-order valence-corrected chi connectivity index (χ4v) is 12.1. The van der Waals surface area contributed by atoms with E-state index in [4.69, 9.17) is 57.5 Å². The Bertz CT molecular complexity index is 3700. The summed E-state index contributed by atoms with van der Waals surface area (Å²) in [6.07, 6.45) is 10.0. The third-order valence-electron chi connectivity index (χ3n) is 12.9. The second-order valence-electron chi connectivity index (χ2n) is 20.4. The first kappa shape index (κ1) is 67.7. The van der Waals surface area contributed by atoms with E-state index in [2.05, 4.69) is 89.3 Å². The van der Waals surface area contributed by atoms with Gasteiger partial charge in [0.15, 0.2) is 27.8 Å². The molecule has 4 atom stereocenters. The third kappa shape index (κ3) is 19.0. The minimum absolute atomic E-state index is 0.0629. The molecule has 24 nitrogen and oxygen atoms in total. The summed E-state index contributed by atoms with van der Waals surface area (Å²) in [6.45, 7) is 19.2. The van der Waals surface area contributed by atoms with Crippen LogP contribution in [0, 0.1) is 47.0 Å². The molecule has 11 rings (SSSR count). The summed E-state index contributed by atoms with van der Waals surface area (Å²) in [7, 11) is -2.68. The quantitative estimate of drug-likeness (QED) is 0.0542. The molecule has 454 valence electrons. The molecule has 0 aliphatic carbocycles. The predicted octanol–water partition coefficient (Wildman–Crippen LogP) is 7.62. The number of piperazine rings is 2. The summed E-state index contributed by atoms with van der Waals surface area (Å²) in [5, 5.41) is 25.4. The molecule has 0 unspecified atom stereocenters. The molecule has 32 heteroatoms. The van der Waals surface area contributed by atoms with Crippen LogP contribution in [0.1, 0.15) is 60.9 Å². The number of rotatable bonds is 9. The van der Waals surface area contributed by atoms with Gasteiger partial charge < -0.3 is 26.3 Å². The van der Waals surface area contributed by atoms with Gasteiger partial charge in [0.05, 0.1) is 17.1 Å². The zero-order chi connectivity index (χ0) is 62.1. The van der Waals surface area contributed by atoms with E-state index >= 15 is 0 Å². The molecule has 4 N–H and O–H groups in total. The van der Waals surface area contributed by atoms with Crippen molar-refractivity contribution in [2.24, 2.45) is 5.73 Å². The first-order chi connectivity index (χ1) is 39.3. The smallest absolute Gasteiger partial charge is 0.250 e. The van der Waals surface area contributed by atoms with Crippen LogP contribution in [-0.2, 0) is 19.7 Å². The van der Waals surface area contributed by atoms with E-state index in [-0.39, 0.29) is 15.5 Å². The summed E-state index contributed by atoms with van der Waals surface area (Å²) in [5.41, 5.74) is 11.8. The first-order valence-corrected chi connectivity index (χ1v) is 33.7. The molecule has 7 aromatic rings. The SMILES string of the molecule is CC(=N)/C=C(/C)N.CN1C[C@H]2C[C@@H]1CN2.CSc1nc(Cl)cc(-n2nc(C)cc2C)n1.CSc1nc(Cl)cc(Cl)n1.Cc1cc(C)n(-c2cc(Cl)nc(S(C)(=O)=O)n2)n1.Cc1cc(C)n(-c2cc(N3C[C@H]4C[C@@H]3CN4C)nc(S(C)(=O)=O)n2)n1. The van der Waals surface area contributed by atoms with Gasteiger partial charge in [-0.1, -0.05) is 69.9 Å². The van der Waals surface area contributed by atoms with Gasteiger partial charge in [0.2, 0.25) is 24.8 Å². The Balaban J connectivity index is 0.000000171. The lowest BCUT2D eigenvalue weighted by Crippen LogP contribution is -2.45. The number of fused-ring (bicyclic) bond motifs is 4. The minimum atomic E-state index is -3.52. The number of hydrogen-bond donors (Lipinski definition) is 3. The van der Waals surface area contributed by atoms with Crippen molar-refractivity contribution in [1.82, 2.24) is 84.3 Å². The maximum atomic E-state index is 12.1. The number of aromatic nitrogens is 14. The maximum absolute atomic E-state index is 12.1. The van der Waals surface area contributed by atoms with Crippen LogP contribution in [0.2, 0.25) is 20.6 Å². The average Bonchev–Trinajstić information content (AvgIpc) is 3.94. The van der Waals surface area contributed by atoms with Gasteiger partial charge in [-0.3, -0.25) is 4.90 Å². The Morgan fingerprint density at radius 3 is 1.32 bits per heavy atom. The molecule has 4 fully saturated rings. The molecule has 0 saturated carbocycles. The number of allylic oxidation sites excluding steroid dienone is 2. The fraction of sp³-hybridized carbons (Fsp3) is 0.462. The first-order valence-electron chi connectivity index (χ1n) is 26.0. The number of likely N-dealkylation sites (tertiary alicyclic amines) is 2. The molecule has 11 heterocycles. The minimum Gasteiger partial charge on any atom is -0.402 e. The summed E-state index contributed by atoms with van der Waals surface area (Å²) >= 11 is 25.8. The van der Waals surface area contributed by atoms with E-state index in [1.54, 1.807) is 35.4 Å². The van der Waals surface area contributed by atoms with Crippen LogP contribution in [0.15, 0.2) is 74.9 Å². The molecule has 4 aliphatic rings. The van der Waals surface area contributed by atoms with Crippen molar-refractivity contribution in [3.8, 4) is 17.5 Å². The van der Waals surface area contributed by atoms with Gasteiger partial charge in [-0.05, 0) is 119 Å². The average molecular weight is 1310 g/mol. The second-order valence-corrected chi connectivity index (χ2v) is 27.4. The molecule has 0 amide bonds. The third-order valence-corrected chi connectivity index (χ3v) is 16.5. The van der Waals surface area contributed by atoms with E-state index < -0.39 is 19.7 Å². The van der Waals surface area contributed by atoms with E-state index in [0.717, 1.165) is 78.3 Å². The van der Waals surface area contributed by atoms with Crippen LogP contribution < -0.4 is 16.0 Å². The second kappa shape index (κ2) is 29.3. The standard InChI is InChI=1S/C16H22N6O2S.C10H11ClN4O2S.C10H11ClN4S.C6H12N2.C5H4Cl2N2S.C5H10N2/c1-10-5-11(2)22(19-10)15-7-14(17-16(18-15)25(4,23)24)21-9-12-6-13(21)8-20(12)3;1-6-4-7(2)15(14-6)9-5-8(11)12-10(13-9)18(3,16)17;1-6-4-7(2)15(14-6)9-5-8(11)12-10(13-9)16-3;1-8-4-5-2-6(8)3-7-5;1-10-5-8-3(6)2-4(7)9-5;1-4(6)3-5(2)7/h5,7,12-13H,6,8-9H2,1-4H3;4-5H,1-3H3;4-5H,1-3H3;5-7H,2-4H2,1H3;2H,1H3;3,6H,7H2,1-2H3/b;;;;;5-3-,6-4?/t12-,13-;;;5-,6-;;/m1..1../s1. The highest BCUT2D eigenvalue weighted by molar-refractivity contribution is 7.98. The summed E-state index contributed by atoms with van der Waals surface area (Å²) in [6, 6.07) is 14.9. The highest BCUT2D eigenvalue weighted by atomic mass is 35.5. The Hall–Kier alpha value is -5.40. The van der Waals surface area contributed by atoms with E-state index in [1.807, 2.05) is 78.3 Å². The van der Waals surface area contributed by atoms with Crippen molar-refractivity contribution in [2.75, 3.05) is 70.2 Å². The number of nitrogens with zero attached hydrogens (tertiary/aromatic N) is 17. The van der Waals surface area contributed by atoms with E-state index in [0.29, 0.717) is 72.5 Å². The van der Waals surface area contributed by atoms with Crippen molar-refractivity contribution in [3.05, 3.63) is 109 Å². The van der Waals surface area contributed by atoms with Gasteiger partial charge in [0.25, 0.3) is 5.16 Å². The van der Waals surface area contributed by atoms with Crippen LogP contribution in [0.5, 0.6) is 0 Å². The Labute approximate surface area is 519 Å². The number of halogens is 4. The molecule has 84 heavy (non-hydrogen) atoms. The Kier molecular flexibility index (Phi) is 23.6. The van der Waals surface area contributed by atoms with Gasteiger partial charge in [0, 0.05) is 116 Å². The molecule has 4 aliphatic heterocycles. The lowest BCUT2D eigenvalue weighted by atomic mass is 10.2. The van der Waals surface area contributed by atoms with Crippen LogP contribution in [0.3, 0.4) is 0 Å². The molecular weight excluding hydrogens is 1240 g/mol. The van der Waals surface area contributed by atoms with Gasteiger partial charge >= 0.3 is 0 Å². The highest BCUT2D eigenvalue weighted by Gasteiger charge is 2.42. The maximum Gasteiger partial charge on any atom is 0.250 e. The van der Waals surface area contributed by atoms with Crippen LogP contribution in [-0.4, -0.2) is 191 Å². The van der Waals surface area contributed by atoms with Crippen molar-refractivity contribution < 1.29 is 16.8 Å². The normalized spacial score (nSPS) is 18.1. The molecule has 0 spiro atoms. The molecule has 0 radical (unpaired) electrons. The zero-order valence-corrected chi connectivity index (χ0v) is 55.4. The number of sulfone groups is 2. The number of likely N-dealkylation sites (N-methyl/N-ethyl adjacent to an activating group) is 2. The van der Waals surface area contributed by atoms with Crippen molar-refractivity contribution >= 4 is 101 Å². The molecular formula is C52H70Cl4N20O4S4. The number of hydrogen-bond acceptors (Lipinski definition) is 23. The summed E-state index contributed by atoms with van der Waals surface area (Å²) < 4.78 is 52.1. The molecule has 0 aromatic carbocycles. The number of anilines is 1. The monoisotopic (exact) mass is 1310 g/mol. The summed E-state index contributed by atoms with van der Waals surface area (Å²) in [4.78, 5) is 39.5. The van der Waals surface area contributed by atoms with Gasteiger partial charge in [0.1, 0.15) is 26.4 Å².